The molecule has 3 N–H and O–H groups in total. The zero-order valence-corrected chi connectivity index (χ0v) is 13.3. The van der Waals surface area contributed by atoms with Crippen molar-refractivity contribution >= 4 is 29.1 Å². The maximum Gasteiger partial charge on any atom is 0.337 e. The van der Waals surface area contributed by atoms with Gasteiger partial charge in [0, 0.05) is 23.1 Å². The third-order valence-corrected chi connectivity index (χ3v) is 3.65. The fraction of sp³-hybridized carbons (Fsp3) is 0.222. The van der Waals surface area contributed by atoms with Gasteiger partial charge in [0.1, 0.15) is 0 Å². The number of rotatable bonds is 5. The normalized spacial score (nSPS) is 13.0. The SMILES string of the molecule is COC(=O)c1ccc(Nc2ccc(NC(=O)NC3CC3)cc2)cc1. The molecule has 2 aromatic carbocycles. The quantitative estimate of drug-likeness (QED) is 0.735. The minimum absolute atomic E-state index is 0.170. The van der Waals surface area contributed by atoms with E-state index in [1.54, 1.807) is 12.1 Å². The van der Waals surface area contributed by atoms with Gasteiger partial charge >= 0.3 is 12.0 Å². The molecule has 1 aliphatic rings. The van der Waals surface area contributed by atoms with Gasteiger partial charge in [0.05, 0.1) is 12.7 Å². The standard InChI is InChI=1S/C18H19N3O3/c1-24-17(22)12-2-4-13(5-3-12)19-14-6-8-15(9-7-14)20-18(23)21-16-10-11-16/h2-9,16,19H,10-11H2,1H3,(H2,20,21,23). The number of carbonyl (C=O) groups excluding carboxylic acids is 2. The summed E-state index contributed by atoms with van der Waals surface area (Å²) in [6.07, 6.45) is 2.12. The Morgan fingerprint density at radius 3 is 2.00 bits per heavy atom. The second-order valence-corrected chi connectivity index (χ2v) is 5.64. The molecule has 1 saturated carbocycles. The third-order valence-electron chi connectivity index (χ3n) is 3.65. The van der Waals surface area contributed by atoms with E-state index in [9.17, 15) is 9.59 Å². The highest BCUT2D eigenvalue weighted by molar-refractivity contribution is 5.90. The molecule has 0 atom stereocenters. The number of nitrogens with one attached hydrogen (secondary N) is 3. The lowest BCUT2D eigenvalue weighted by Gasteiger charge is -2.09. The van der Waals surface area contributed by atoms with Crippen LogP contribution in [0.5, 0.6) is 0 Å². The van der Waals surface area contributed by atoms with E-state index >= 15 is 0 Å². The van der Waals surface area contributed by atoms with Crippen molar-refractivity contribution in [3.63, 3.8) is 0 Å². The minimum atomic E-state index is -0.360. The van der Waals surface area contributed by atoms with Crippen LogP contribution >= 0.6 is 0 Å². The number of methoxy groups -OCH3 is 1. The van der Waals surface area contributed by atoms with Gasteiger partial charge in [-0.3, -0.25) is 0 Å². The maximum atomic E-state index is 11.7. The second kappa shape index (κ2) is 7.04. The van der Waals surface area contributed by atoms with E-state index in [0.29, 0.717) is 11.6 Å². The Balaban J connectivity index is 1.57. The van der Waals surface area contributed by atoms with Crippen molar-refractivity contribution in [1.82, 2.24) is 5.32 Å². The molecule has 1 fully saturated rings. The van der Waals surface area contributed by atoms with Gasteiger partial charge in [0.15, 0.2) is 0 Å². The van der Waals surface area contributed by atoms with E-state index in [-0.39, 0.29) is 12.0 Å². The summed E-state index contributed by atoms with van der Waals surface area (Å²) in [5, 5.41) is 8.90. The Hall–Kier alpha value is -3.02. The summed E-state index contributed by atoms with van der Waals surface area (Å²) < 4.78 is 4.67. The highest BCUT2D eigenvalue weighted by Crippen LogP contribution is 2.21. The van der Waals surface area contributed by atoms with Gasteiger partial charge < -0.3 is 20.7 Å². The Labute approximate surface area is 140 Å². The second-order valence-electron chi connectivity index (χ2n) is 5.64. The Bertz CT molecular complexity index is 722. The van der Waals surface area contributed by atoms with Crippen LogP contribution in [0.15, 0.2) is 48.5 Å². The summed E-state index contributed by atoms with van der Waals surface area (Å²) in [6, 6.07) is 14.6. The highest BCUT2D eigenvalue weighted by atomic mass is 16.5. The molecule has 0 saturated heterocycles. The summed E-state index contributed by atoms with van der Waals surface area (Å²) in [6.45, 7) is 0. The number of hydrogen-bond acceptors (Lipinski definition) is 4. The molecular formula is C18H19N3O3. The van der Waals surface area contributed by atoms with Crippen molar-refractivity contribution in [2.45, 2.75) is 18.9 Å². The predicted octanol–water partition coefficient (Wildman–Crippen LogP) is 3.50. The fourth-order valence-corrected chi connectivity index (χ4v) is 2.19. The lowest BCUT2D eigenvalue weighted by molar-refractivity contribution is 0.0600. The van der Waals surface area contributed by atoms with Crippen molar-refractivity contribution in [2.75, 3.05) is 17.7 Å². The third kappa shape index (κ3) is 4.25. The molecule has 0 aliphatic heterocycles. The lowest BCUT2D eigenvalue weighted by Crippen LogP contribution is -2.30. The van der Waals surface area contributed by atoms with Crippen LogP contribution < -0.4 is 16.0 Å². The Morgan fingerprint density at radius 1 is 0.917 bits per heavy atom. The maximum absolute atomic E-state index is 11.7. The van der Waals surface area contributed by atoms with Crippen LogP contribution in [-0.4, -0.2) is 25.2 Å². The fourth-order valence-electron chi connectivity index (χ4n) is 2.19. The molecule has 6 nitrogen and oxygen atoms in total. The van der Waals surface area contributed by atoms with Crippen LogP contribution in [0.1, 0.15) is 23.2 Å². The summed E-state index contributed by atoms with van der Waals surface area (Å²) in [5.41, 5.74) is 2.98. The van der Waals surface area contributed by atoms with E-state index in [1.165, 1.54) is 7.11 Å². The number of ether oxygens (including phenoxy) is 1. The van der Waals surface area contributed by atoms with Crippen molar-refractivity contribution in [3.05, 3.63) is 54.1 Å². The molecular weight excluding hydrogens is 306 g/mol. The average molecular weight is 325 g/mol. The monoisotopic (exact) mass is 325 g/mol. The van der Waals surface area contributed by atoms with Crippen molar-refractivity contribution in [2.24, 2.45) is 0 Å². The molecule has 0 radical (unpaired) electrons. The summed E-state index contributed by atoms with van der Waals surface area (Å²) in [7, 11) is 1.36. The number of anilines is 3. The molecule has 0 heterocycles. The first-order valence-electron chi connectivity index (χ1n) is 7.77. The molecule has 0 spiro atoms. The van der Waals surface area contributed by atoms with Crippen LogP contribution in [0.4, 0.5) is 21.9 Å². The van der Waals surface area contributed by atoms with Gasteiger partial charge in [-0.05, 0) is 61.4 Å². The van der Waals surface area contributed by atoms with E-state index < -0.39 is 0 Å². The molecule has 1 aliphatic carbocycles. The number of amides is 2. The van der Waals surface area contributed by atoms with Gasteiger partial charge in [0.25, 0.3) is 0 Å². The number of urea groups is 1. The Morgan fingerprint density at radius 2 is 1.46 bits per heavy atom. The minimum Gasteiger partial charge on any atom is -0.465 e. The summed E-state index contributed by atoms with van der Waals surface area (Å²) >= 11 is 0. The zero-order chi connectivity index (χ0) is 16.9. The molecule has 6 heteroatoms. The molecule has 0 unspecified atom stereocenters. The predicted molar refractivity (Wildman–Crippen MR) is 92.7 cm³/mol. The van der Waals surface area contributed by atoms with Gasteiger partial charge in [-0.1, -0.05) is 0 Å². The topological polar surface area (TPSA) is 79.5 Å². The van der Waals surface area contributed by atoms with E-state index in [1.807, 2.05) is 36.4 Å². The number of benzene rings is 2. The van der Waals surface area contributed by atoms with Crippen LogP contribution in [0.3, 0.4) is 0 Å². The zero-order valence-electron chi connectivity index (χ0n) is 13.3. The van der Waals surface area contributed by atoms with Crippen LogP contribution in [0.25, 0.3) is 0 Å². The highest BCUT2D eigenvalue weighted by Gasteiger charge is 2.23. The van der Waals surface area contributed by atoms with Gasteiger partial charge in [-0.25, -0.2) is 9.59 Å². The summed E-state index contributed by atoms with van der Waals surface area (Å²) in [5.74, 6) is -0.360. The van der Waals surface area contributed by atoms with Crippen molar-refractivity contribution in [1.29, 1.82) is 0 Å². The largest absolute Gasteiger partial charge is 0.465 e. The summed E-state index contributed by atoms with van der Waals surface area (Å²) in [4.78, 5) is 23.1. The lowest BCUT2D eigenvalue weighted by atomic mass is 10.2. The van der Waals surface area contributed by atoms with Crippen LogP contribution in [0, 0.1) is 0 Å². The molecule has 3 rings (SSSR count). The smallest absolute Gasteiger partial charge is 0.337 e. The number of carbonyl (C=O) groups is 2. The van der Waals surface area contributed by atoms with Crippen LogP contribution in [0.2, 0.25) is 0 Å². The van der Waals surface area contributed by atoms with Crippen molar-refractivity contribution < 1.29 is 14.3 Å². The molecule has 0 bridgehead atoms. The van der Waals surface area contributed by atoms with E-state index in [0.717, 1.165) is 29.9 Å². The molecule has 24 heavy (non-hydrogen) atoms. The van der Waals surface area contributed by atoms with Crippen LogP contribution in [-0.2, 0) is 4.74 Å². The first-order chi connectivity index (χ1) is 11.6. The molecule has 2 amide bonds. The first kappa shape index (κ1) is 15.9. The molecule has 124 valence electrons. The van der Waals surface area contributed by atoms with E-state index in [4.69, 9.17) is 0 Å². The average Bonchev–Trinajstić information content (AvgIpc) is 3.40. The number of esters is 1. The van der Waals surface area contributed by atoms with Gasteiger partial charge in [-0.2, -0.15) is 0 Å². The van der Waals surface area contributed by atoms with Gasteiger partial charge in [-0.15, -0.1) is 0 Å². The first-order valence-corrected chi connectivity index (χ1v) is 7.77. The van der Waals surface area contributed by atoms with Gasteiger partial charge in [0.2, 0.25) is 0 Å². The molecule has 0 aromatic heterocycles. The molecule has 2 aromatic rings. The number of hydrogen-bond donors (Lipinski definition) is 3. The van der Waals surface area contributed by atoms with E-state index in [2.05, 4.69) is 20.7 Å². The van der Waals surface area contributed by atoms with Crippen molar-refractivity contribution in [3.8, 4) is 0 Å². The Kier molecular flexibility index (Phi) is 4.65.